The van der Waals surface area contributed by atoms with E-state index in [0.29, 0.717) is 21.3 Å². The molecule has 18 heavy (non-hydrogen) atoms. The summed E-state index contributed by atoms with van der Waals surface area (Å²) in [6, 6.07) is 11.4. The van der Waals surface area contributed by atoms with Gasteiger partial charge in [0, 0.05) is 4.47 Å². The standard InChI is InChI=1S/C14H12BrFO2/c1-18-13-4-2-3-9(7-13)14(17)10-5-11(15)8-12(16)6-10/h2-8,14,17H,1H3. The molecular weight excluding hydrogens is 299 g/mol. The van der Waals surface area contributed by atoms with E-state index in [2.05, 4.69) is 15.9 Å². The number of rotatable bonds is 3. The SMILES string of the molecule is COc1cccc(C(O)c2cc(F)cc(Br)c2)c1. The van der Waals surface area contributed by atoms with Crippen LogP contribution in [0, 0.1) is 5.82 Å². The van der Waals surface area contributed by atoms with Gasteiger partial charge in [0.15, 0.2) is 0 Å². The van der Waals surface area contributed by atoms with Crippen LogP contribution in [-0.4, -0.2) is 12.2 Å². The van der Waals surface area contributed by atoms with E-state index in [-0.39, 0.29) is 5.82 Å². The van der Waals surface area contributed by atoms with Gasteiger partial charge in [-0.15, -0.1) is 0 Å². The van der Waals surface area contributed by atoms with Crippen molar-refractivity contribution in [3.8, 4) is 5.75 Å². The van der Waals surface area contributed by atoms with Crippen molar-refractivity contribution in [3.63, 3.8) is 0 Å². The molecule has 0 amide bonds. The Balaban J connectivity index is 2.37. The summed E-state index contributed by atoms with van der Waals surface area (Å²) in [5.74, 6) is 0.267. The van der Waals surface area contributed by atoms with E-state index in [9.17, 15) is 9.50 Å². The lowest BCUT2D eigenvalue weighted by Crippen LogP contribution is -2.00. The van der Waals surface area contributed by atoms with E-state index in [1.54, 1.807) is 37.4 Å². The molecule has 0 aliphatic rings. The van der Waals surface area contributed by atoms with Crippen LogP contribution in [0.15, 0.2) is 46.9 Å². The van der Waals surface area contributed by atoms with Crippen molar-refractivity contribution in [1.29, 1.82) is 0 Å². The minimum absolute atomic E-state index is 0.388. The third-order valence-electron chi connectivity index (χ3n) is 2.61. The summed E-state index contributed by atoms with van der Waals surface area (Å²) in [6.45, 7) is 0. The first-order valence-electron chi connectivity index (χ1n) is 5.38. The number of benzene rings is 2. The first-order valence-corrected chi connectivity index (χ1v) is 6.17. The Labute approximate surface area is 113 Å². The fourth-order valence-corrected chi connectivity index (χ4v) is 2.22. The van der Waals surface area contributed by atoms with Crippen LogP contribution in [0.1, 0.15) is 17.2 Å². The molecule has 4 heteroatoms. The smallest absolute Gasteiger partial charge is 0.124 e. The second-order valence-electron chi connectivity index (χ2n) is 3.88. The topological polar surface area (TPSA) is 29.5 Å². The van der Waals surface area contributed by atoms with Gasteiger partial charge < -0.3 is 9.84 Å². The number of hydrogen-bond donors (Lipinski definition) is 1. The second-order valence-corrected chi connectivity index (χ2v) is 4.80. The first kappa shape index (κ1) is 13.1. The van der Waals surface area contributed by atoms with E-state index >= 15 is 0 Å². The summed E-state index contributed by atoms with van der Waals surface area (Å²) < 4.78 is 19.0. The minimum atomic E-state index is -0.882. The average Bonchev–Trinajstić information content (AvgIpc) is 2.37. The molecule has 0 aromatic heterocycles. The van der Waals surface area contributed by atoms with Gasteiger partial charge in [0.2, 0.25) is 0 Å². The fourth-order valence-electron chi connectivity index (χ4n) is 1.74. The third kappa shape index (κ3) is 2.89. The van der Waals surface area contributed by atoms with E-state index in [0.717, 1.165) is 0 Å². The van der Waals surface area contributed by atoms with Crippen LogP contribution in [0.5, 0.6) is 5.75 Å². The fraction of sp³-hybridized carbons (Fsp3) is 0.143. The van der Waals surface area contributed by atoms with Crippen molar-refractivity contribution in [2.24, 2.45) is 0 Å². The van der Waals surface area contributed by atoms with Gasteiger partial charge in [0.1, 0.15) is 17.7 Å². The van der Waals surface area contributed by atoms with Gasteiger partial charge in [-0.2, -0.15) is 0 Å². The van der Waals surface area contributed by atoms with E-state index in [1.165, 1.54) is 12.1 Å². The maximum atomic E-state index is 13.3. The van der Waals surface area contributed by atoms with Gasteiger partial charge in [-0.1, -0.05) is 28.1 Å². The zero-order valence-corrected chi connectivity index (χ0v) is 11.3. The highest BCUT2D eigenvalue weighted by Crippen LogP contribution is 2.27. The molecule has 0 aliphatic carbocycles. The van der Waals surface area contributed by atoms with Gasteiger partial charge in [-0.3, -0.25) is 0 Å². The summed E-state index contributed by atoms with van der Waals surface area (Å²) in [6.07, 6.45) is -0.882. The first-order chi connectivity index (χ1) is 8.60. The van der Waals surface area contributed by atoms with E-state index in [1.807, 2.05) is 0 Å². The molecule has 0 heterocycles. The van der Waals surface area contributed by atoms with Crippen LogP contribution in [0.4, 0.5) is 4.39 Å². The van der Waals surface area contributed by atoms with Crippen LogP contribution in [0.2, 0.25) is 0 Å². The lowest BCUT2D eigenvalue weighted by molar-refractivity contribution is 0.219. The van der Waals surface area contributed by atoms with Gasteiger partial charge >= 0.3 is 0 Å². The van der Waals surface area contributed by atoms with Crippen molar-refractivity contribution in [1.82, 2.24) is 0 Å². The Morgan fingerprint density at radius 2 is 1.94 bits per heavy atom. The van der Waals surface area contributed by atoms with Crippen molar-refractivity contribution >= 4 is 15.9 Å². The highest BCUT2D eigenvalue weighted by molar-refractivity contribution is 9.10. The summed E-state index contributed by atoms with van der Waals surface area (Å²) in [5.41, 5.74) is 1.15. The maximum absolute atomic E-state index is 13.3. The summed E-state index contributed by atoms with van der Waals surface area (Å²) >= 11 is 3.21. The van der Waals surface area contributed by atoms with Crippen molar-refractivity contribution in [3.05, 3.63) is 63.9 Å². The Kier molecular flexibility index (Phi) is 3.99. The molecule has 0 aliphatic heterocycles. The van der Waals surface area contributed by atoms with Gasteiger partial charge in [-0.25, -0.2) is 4.39 Å². The van der Waals surface area contributed by atoms with Crippen LogP contribution in [-0.2, 0) is 0 Å². The van der Waals surface area contributed by atoms with Crippen molar-refractivity contribution in [2.45, 2.75) is 6.10 Å². The minimum Gasteiger partial charge on any atom is -0.497 e. The molecule has 0 radical (unpaired) electrons. The predicted octanol–water partition coefficient (Wildman–Crippen LogP) is 3.68. The Hall–Kier alpha value is -1.39. The largest absolute Gasteiger partial charge is 0.497 e. The molecule has 94 valence electrons. The number of methoxy groups -OCH3 is 1. The highest BCUT2D eigenvalue weighted by Gasteiger charge is 2.12. The number of aliphatic hydroxyl groups is 1. The molecule has 2 rings (SSSR count). The van der Waals surface area contributed by atoms with Crippen LogP contribution >= 0.6 is 15.9 Å². The number of ether oxygens (including phenoxy) is 1. The molecule has 1 atom stereocenters. The lowest BCUT2D eigenvalue weighted by atomic mass is 10.0. The molecule has 2 aromatic rings. The van der Waals surface area contributed by atoms with Gasteiger partial charge in [0.05, 0.1) is 7.11 Å². The normalized spacial score (nSPS) is 12.2. The number of aliphatic hydroxyl groups excluding tert-OH is 1. The van der Waals surface area contributed by atoms with Crippen molar-refractivity contribution in [2.75, 3.05) is 7.11 Å². The van der Waals surface area contributed by atoms with E-state index < -0.39 is 6.10 Å². The summed E-state index contributed by atoms with van der Waals surface area (Å²) in [5, 5.41) is 10.2. The van der Waals surface area contributed by atoms with Gasteiger partial charge in [-0.05, 0) is 41.5 Å². The zero-order valence-electron chi connectivity index (χ0n) is 9.73. The number of halogens is 2. The molecule has 2 nitrogen and oxygen atoms in total. The molecule has 0 bridgehead atoms. The molecule has 0 saturated carbocycles. The molecule has 2 aromatic carbocycles. The van der Waals surface area contributed by atoms with Crippen LogP contribution in [0.25, 0.3) is 0 Å². The van der Waals surface area contributed by atoms with Crippen LogP contribution in [0.3, 0.4) is 0 Å². The predicted molar refractivity (Wildman–Crippen MR) is 71.2 cm³/mol. The zero-order chi connectivity index (χ0) is 13.1. The summed E-state index contributed by atoms with van der Waals surface area (Å²) in [4.78, 5) is 0. The quantitative estimate of drug-likeness (QED) is 0.937. The molecule has 0 saturated heterocycles. The van der Waals surface area contributed by atoms with E-state index in [4.69, 9.17) is 4.74 Å². The molecule has 1 N–H and O–H groups in total. The third-order valence-corrected chi connectivity index (χ3v) is 3.07. The number of hydrogen-bond acceptors (Lipinski definition) is 2. The maximum Gasteiger partial charge on any atom is 0.124 e. The molecular formula is C14H12BrFO2. The highest BCUT2D eigenvalue weighted by atomic mass is 79.9. The van der Waals surface area contributed by atoms with Crippen molar-refractivity contribution < 1.29 is 14.2 Å². The second kappa shape index (κ2) is 5.50. The Bertz CT molecular complexity index is 537. The van der Waals surface area contributed by atoms with Gasteiger partial charge in [0.25, 0.3) is 0 Å². The summed E-state index contributed by atoms with van der Waals surface area (Å²) in [7, 11) is 1.56. The van der Waals surface area contributed by atoms with Crippen LogP contribution < -0.4 is 4.74 Å². The average molecular weight is 311 g/mol. The molecule has 0 fully saturated rings. The Morgan fingerprint density at radius 3 is 2.61 bits per heavy atom. The molecule has 0 spiro atoms. The molecule has 1 unspecified atom stereocenters. The monoisotopic (exact) mass is 310 g/mol. The Morgan fingerprint density at radius 1 is 1.17 bits per heavy atom. The lowest BCUT2D eigenvalue weighted by Gasteiger charge is -2.13.